The molecule has 0 aliphatic carbocycles. The van der Waals surface area contributed by atoms with Crippen LogP contribution in [0.2, 0.25) is 0 Å². The molecule has 2 nitrogen and oxygen atoms in total. The minimum absolute atomic E-state index is 0.674. The quantitative estimate of drug-likeness (QED) is 0.721. The first-order valence-corrected chi connectivity index (χ1v) is 5.08. The van der Waals surface area contributed by atoms with E-state index < -0.39 is 0 Å². The molecule has 0 saturated carbocycles. The van der Waals surface area contributed by atoms with Gasteiger partial charge in [-0.1, -0.05) is 0 Å². The van der Waals surface area contributed by atoms with Crippen molar-refractivity contribution in [3.05, 3.63) is 24.5 Å². The molecule has 1 aromatic rings. The lowest BCUT2D eigenvalue weighted by Gasteiger charge is -2.13. The predicted molar refractivity (Wildman–Crippen MR) is 49.5 cm³/mol. The first-order chi connectivity index (χ1) is 5.45. The van der Waals surface area contributed by atoms with Crippen molar-refractivity contribution in [2.24, 2.45) is 0 Å². The molecule has 0 radical (unpaired) electrons. The third kappa shape index (κ3) is 1.71. The molecule has 0 aromatic carbocycles. The fourth-order valence-electron chi connectivity index (χ4n) is 1.27. The summed E-state index contributed by atoms with van der Waals surface area (Å²) < 4.78 is 2.04. The zero-order valence-corrected chi connectivity index (χ0v) is 7.18. The lowest BCUT2D eigenvalue weighted by molar-refractivity contribution is 0.697. The van der Waals surface area contributed by atoms with E-state index >= 15 is 0 Å². The van der Waals surface area contributed by atoms with Crippen LogP contribution in [0.3, 0.4) is 0 Å². The van der Waals surface area contributed by atoms with E-state index in [-0.39, 0.29) is 0 Å². The number of thioether (sulfide) groups is 1. The van der Waals surface area contributed by atoms with Crippen LogP contribution in [-0.4, -0.2) is 22.2 Å². The molecular formula is C8H12N2S. The maximum atomic E-state index is 3.42. The molecule has 2 heterocycles. The van der Waals surface area contributed by atoms with Crippen molar-refractivity contribution in [1.29, 1.82) is 0 Å². The number of aromatic nitrogens is 1. The summed E-state index contributed by atoms with van der Waals surface area (Å²) in [7, 11) is 0. The summed E-state index contributed by atoms with van der Waals surface area (Å²) in [5, 5.41) is 0. The number of hydrogen-bond donors (Lipinski definition) is 1. The van der Waals surface area contributed by atoms with Crippen LogP contribution in [0.25, 0.3) is 0 Å². The number of nitrogens with zero attached hydrogens (tertiary/aromatic N) is 1. The zero-order chi connectivity index (χ0) is 7.52. The molecule has 1 fully saturated rings. The average Bonchev–Trinajstić information content (AvgIpc) is 2.60. The summed E-state index contributed by atoms with van der Waals surface area (Å²) in [5.74, 6) is 2.55. The first-order valence-electron chi connectivity index (χ1n) is 3.92. The first kappa shape index (κ1) is 7.10. The van der Waals surface area contributed by atoms with Crippen LogP contribution in [0.5, 0.6) is 0 Å². The van der Waals surface area contributed by atoms with Crippen LogP contribution in [0.1, 0.15) is 6.42 Å². The topological polar surface area (TPSA) is 17.0 Å². The van der Waals surface area contributed by atoms with E-state index in [2.05, 4.69) is 5.43 Å². The van der Waals surface area contributed by atoms with Crippen molar-refractivity contribution in [3.63, 3.8) is 0 Å². The summed E-state index contributed by atoms with van der Waals surface area (Å²) in [6.45, 7) is 0. The molecule has 3 heteroatoms. The minimum Gasteiger partial charge on any atom is -0.323 e. The van der Waals surface area contributed by atoms with Crippen molar-refractivity contribution in [3.8, 4) is 0 Å². The molecule has 1 aliphatic rings. The predicted octanol–water partition coefficient (Wildman–Crippen LogP) is 1.54. The highest BCUT2D eigenvalue weighted by Gasteiger charge is 2.14. The monoisotopic (exact) mass is 168 g/mol. The molecular weight excluding hydrogens is 156 g/mol. The fraction of sp³-hybridized carbons (Fsp3) is 0.500. The van der Waals surface area contributed by atoms with Crippen LogP contribution >= 0.6 is 11.8 Å². The van der Waals surface area contributed by atoms with Crippen LogP contribution in [0, 0.1) is 0 Å². The van der Waals surface area contributed by atoms with Gasteiger partial charge in [-0.2, -0.15) is 11.8 Å². The summed E-state index contributed by atoms with van der Waals surface area (Å²) in [6, 6.07) is 4.75. The third-order valence-electron chi connectivity index (χ3n) is 1.87. The molecule has 1 N–H and O–H groups in total. The van der Waals surface area contributed by atoms with E-state index in [0.717, 1.165) is 0 Å². The smallest absolute Gasteiger partial charge is 0.0522 e. The second kappa shape index (κ2) is 3.22. The Hall–Kier alpha value is -0.570. The normalized spacial score (nSPS) is 23.8. The van der Waals surface area contributed by atoms with E-state index in [1.807, 2.05) is 41.0 Å². The molecule has 0 amide bonds. The third-order valence-corrected chi connectivity index (χ3v) is 3.03. The van der Waals surface area contributed by atoms with Gasteiger partial charge in [-0.3, -0.25) is 4.68 Å². The Labute approximate surface area is 70.9 Å². The largest absolute Gasteiger partial charge is 0.323 e. The van der Waals surface area contributed by atoms with Crippen LogP contribution in [0.15, 0.2) is 24.5 Å². The summed E-state index contributed by atoms with van der Waals surface area (Å²) >= 11 is 2.03. The van der Waals surface area contributed by atoms with E-state index in [1.54, 1.807) is 0 Å². The van der Waals surface area contributed by atoms with Crippen LogP contribution in [0.4, 0.5) is 0 Å². The molecule has 11 heavy (non-hydrogen) atoms. The van der Waals surface area contributed by atoms with Crippen molar-refractivity contribution in [2.45, 2.75) is 12.5 Å². The Morgan fingerprint density at radius 2 is 2.18 bits per heavy atom. The maximum Gasteiger partial charge on any atom is 0.0522 e. The Kier molecular flexibility index (Phi) is 2.08. The van der Waals surface area contributed by atoms with Gasteiger partial charge in [-0.15, -0.1) is 0 Å². The van der Waals surface area contributed by atoms with Gasteiger partial charge in [0.2, 0.25) is 0 Å². The highest BCUT2D eigenvalue weighted by Crippen LogP contribution is 2.17. The molecule has 1 aliphatic heterocycles. The van der Waals surface area contributed by atoms with Gasteiger partial charge in [0.1, 0.15) is 0 Å². The lowest BCUT2D eigenvalue weighted by Crippen LogP contribution is -2.26. The van der Waals surface area contributed by atoms with Crippen molar-refractivity contribution < 1.29 is 0 Å². The lowest BCUT2D eigenvalue weighted by atomic mass is 10.3. The molecule has 1 saturated heterocycles. The highest BCUT2D eigenvalue weighted by atomic mass is 32.2. The molecule has 1 unspecified atom stereocenters. The van der Waals surface area contributed by atoms with E-state index in [1.165, 1.54) is 17.9 Å². The SMILES string of the molecule is c1ccn(NC2CCSC2)c1. The molecule has 0 bridgehead atoms. The van der Waals surface area contributed by atoms with Crippen molar-refractivity contribution >= 4 is 11.8 Å². The Morgan fingerprint density at radius 3 is 2.82 bits per heavy atom. The Bertz CT molecular complexity index is 202. The number of rotatable bonds is 2. The van der Waals surface area contributed by atoms with E-state index in [0.29, 0.717) is 6.04 Å². The maximum absolute atomic E-state index is 3.42. The number of nitrogens with one attached hydrogen (secondary N) is 1. The minimum atomic E-state index is 0.674. The van der Waals surface area contributed by atoms with Crippen LogP contribution < -0.4 is 5.43 Å². The van der Waals surface area contributed by atoms with Gasteiger partial charge in [-0.25, -0.2) is 0 Å². The van der Waals surface area contributed by atoms with E-state index in [4.69, 9.17) is 0 Å². The van der Waals surface area contributed by atoms with E-state index in [9.17, 15) is 0 Å². The van der Waals surface area contributed by atoms with Gasteiger partial charge in [0.05, 0.1) is 6.04 Å². The highest BCUT2D eigenvalue weighted by molar-refractivity contribution is 7.99. The van der Waals surface area contributed by atoms with Gasteiger partial charge < -0.3 is 5.43 Å². The summed E-state index contributed by atoms with van der Waals surface area (Å²) in [4.78, 5) is 0. The standard InChI is InChI=1S/C8H12N2S/c1-2-5-10(4-1)9-8-3-6-11-7-8/h1-2,4-5,8-9H,3,6-7H2. The average molecular weight is 168 g/mol. The molecule has 0 spiro atoms. The van der Waals surface area contributed by atoms with Gasteiger partial charge in [0.15, 0.2) is 0 Å². The molecule has 1 atom stereocenters. The van der Waals surface area contributed by atoms with Gasteiger partial charge in [-0.05, 0) is 24.3 Å². The van der Waals surface area contributed by atoms with Crippen LogP contribution in [-0.2, 0) is 0 Å². The second-order valence-electron chi connectivity index (χ2n) is 2.78. The fourth-order valence-corrected chi connectivity index (χ4v) is 2.41. The zero-order valence-electron chi connectivity index (χ0n) is 6.36. The molecule has 60 valence electrons. The number of hydrogen-bond acceptors (Lipinski definition) is 2. The van der Waals surface area contributed by atoms with Gasteiger partial charge >= 0.3 is 0 Å². The van der Waals surface area contributed by atoms with Crippen molar-refractivity contribution in [2.75, 3.05) is 16.9 Å². The van der Waals surface area contributed by atoms with Crippen molar-refractivity contribution in [1.82, 2.24) is 4.68 Å². The molecule has 2 rings (SSSR count). The summed E-state index contributed by atoms with van der Waals surface area (Å²) in [6.07, 6.45) is 5.38. The Balaban J connectivity index is 1.90. The van der Waals surface area contributed by atoms with Gasteiger partial charge in [0, 0.05) is 18.1 Å². The van der Waals surface area contributed by atoms with Gasteiger partial charge in [0.25, 0.3) is 0 Å². The second-order valence-corrected chi connectivity index (χ2v) is 3.93. The molecule has 1 aromatic heterocycles. The summed E-state index contributed by atoms with van der Waals surface area (Å²) in [5.41, 5.74) is 3.42. The Morgan fingerprint density at radius 1 is 1.36 bits per heavy atom.